The van der Waals surface area contributed by atoms with E-state index >= 15 is 0 Å². The second-order valence-electron chi connectivity index (χ2n) is 5.52. The molecular formula is C16H18OS. The number of allylic oxidation sites excluding steroid dienone is 2. The molecule has 2 aliphatic carbocycles. The molecule has 1 fully saturated rings. The van der Waals surface area contributed by atoms with Crippen LogP contribution in [0.2, 0.25) is 0 Å². The quantitative estimate of drug-likeness (QED) is 0.750. The maximum absolute atomic E-state index is 12.1. The third kappa shape index (κ3) is 1.74. The molecule has 0 unspecified atom stereocenters. The minimum absolute atomic E-state index is 0.161. The molecule has 1 aromatic rings. The second-order valence-corrected chi connectivity index (χ2v) is 6.67. The van der Waals surface area contributed by atoms with Gasteiger partial charge in [-0.05, 0) is 38.3 Å². The first kappa shape index (κ1) is 12.0. The van der Waals surface area contributed by atoms with Crippen molar-refractivity contribution >= 4 is 17.5 Å². The maximum atomic E-state index is 12.1. The number of ketones is 1. The SMILES string of the molecule is Cc1cc(C)c(S[C@H]2C(=O)[C@@H]3CC=C[C@@H]32)c(C)c1. The number of fused-ring (bicyclic) bond motifs is 1. The van der Waals surface area contributed by atoms with E-state index in [1.165, 1.54) is 21.6 Å². The first-order valence-corrected chi connectivity index (χ1v) is 7.41. The van der Waals surface area contributed by atoms with Gasteiger partial charge in [-0.2, -0.15) is 0 Å². The van der Waals surface area contributed by atoms with Gasteiger partial charge in [-0.15, -0.1) is 11.8 Å². The maximum Gasteiger partial charge on any atom is 0.150 e. The molecule has 18 heavy (non-hydrogen) atoms. The molecule has 1 aromatic carbocycles. The Balaban J connectivity index is 1.85. The van der Waals surface area contributed by atoms with E-state index in [2.05, 4.69) is 45.1 Å². The first-order valence-electron chi connectivity index (χ1n) is 6.53. The molecule has 0 N–H and O–H groups in total. The number of carbonyl (C=O) groups is 1. The molecule has 0 heterocycles. The summed E-state index contributed by atoms with van der Waals surface area (Å²) in [5, 5.41) is 0.161. The van der Waals surface area contributed by atoms with Crippen LogP contribution in [0, 0.1) is 32.6 Å². The van der Waals surface area contributed by atoms with Crippen molar-refractivity contribution in [2.24, 2.45) is 11.8 Å². The second kappa shape index (κ2) is 4.27. The Morgan fingerprint density at radius 1 is 1.17 bits per heavy atom. The predicted octanol–water partition coefficient (Wildman–Crippen LogP) is 3.85. The standard InChI is InChI=1S/C16H18OS/c1-9-7-10(2)15(11(3)8-9)18-16-13-6-4-5-12(13)14(16)17/h4,6-8,12-13,16H,5H2,1-3H3/t12-,13+,16-/m1/s1. The summed E-state index contributed by atoms with van der Waals surface area (Å²) in [5.74, 6) is 1.24. The highest BCUT2D eigenvalue weighted by molar-refractivity contribution is 8.00. The summed E-state index contributed by atoms with van der Waals surface area (Å²) in [6, 6.07) is 4.42. The number of carbonyl (C=O) groups excluding carboxylic acids is 1. The van der Waals surface area contributed by atoms with Gasteiger partial charge in [-0.25, -0.2) is 0 Å². The van der Waals surface area contributed by atoms with Crippen molar-refractivity contribution in [1.82, 2.24) is 0 Å². The fourth-order valence-corrected chi connectivity index (χ4v) is 4.66. The van der Waals surface area contributed by atoms with Crippen LogP contribution in [0.15, 0.2) is 29.2 Å². The van der Waals surface area contributed by atoms with Crippen molar-refractivity contribution in [2.75, 3.05) is 0 Å². The molecule has 1 nitrogen and oxygen atoms in total. The Kier molecular flexibility index (Phi) is 2.86. The van der Waals surface area contributed by atoms with Crippen molar-refractivity contribution in [3.63, 3.8) is 0 Å². The highest BCUT2D eigenvalue weighted by Crippen LogP contribution is 2.49. The summed E-state index contributed by atoms with van der Waals surface area (Å²) in [6.45, 7) is 6.42. The van der Waals surface area contributed by atoms with Crippen LogP contribution in [0.3, 0.4) is 0 Å². The van der Waals surface area contributed by atoms with Gasteiger partial charge in [-0.1, -0.05) is 29.8 Å². The third-order valence-electron chi connectivity index (χ3n) is 4.06. The largest absolute Gasteiger partial charge is 0.298 e. The average Bonchev–Trinajstić information content (AvgIpc) is 2.72. The van der Waals surface area contributed by atoms with Gasteiger partial charge >= 0.3 is 0 Å². The van der Waals surface area contributed by atoms with Gasteiger partial charge in [-0.3, -0.25) is 4.79 Å². The summed E-state index contributed by atoms with van der Waals surface area (Å²) in [5.41, 5.74) is 3.90. The van der Waals surface area contributed by atoms with Crippen LogP contribution in [-0.2, 0) is 4.79 Å². The summed E-state index contributed by atoms with van der Waals surface area (Å²) >= 11 is 1.78. The lowest BCUT2D eigenvalue weighted by Crippen LogP contribution is -2.47. The van der Waals surface area contributed by atoms with E-state index in [0.29, 0.717) is 17.6 Å². The van der Waals surface area contributed by atoms with E-state index in [4.69, 9.17) is 0 Å². The zero-order valence-electron chi connectivity index (χ0n) is 11.1. The van der Waals surface area contributed by atoms with Crippen LogP contribution >= 0.6 is 11.8 Å². The Bertz CT molecular complexity index is 521. The Hall–Kier alpha value is -1.02. The minimum Gasteiger partial charge on any atom is -0.298 e. The molecule has 0 amide bonds. The van der Waals surface area contributed by atoms with Crippen molar-refractivity contribution < 1.29 is 4.79 Å². The van der Waals surface area contributed by atoms with Gasteiger partial charge in [0.1, 0.15) is 0 Å². The van der Waals surface area contributed by atoms with Gasteiger partial charge in [0.15, 0.2) is 5.78 Å². The monoisotopic (exact) mass is 258 g/mol. The number of hydrogen-bond acceptors (Lipinski definition) is 2. The topological polar surface area (TPSA) is 17.1 Å². The van der Waals surface area contributed by atoms with E-state index in [-0.39, 0.29) is 5.25 Å². The highest BCUT2D eigenvalue weighted by atomic mass is 32.2. The number of benzene rings is 1. The summed E-state index contributed by atoms with van der Waals surface area (Å²) in [6.07, 6.45) is 5.37. The highest BCUT2D eigenvalue weighted by Gasteiger charge is 2.50. The van der Waals surface area contributed by atoms with E-state index in [9.17, 15) is 4.79 Å². The molecule has 0 bridgehead atoms. The van der Waals surface area contributed by atoms with E-state index in [1.807, 2.05) is 0 Å². The van der Waals surface area contributed by atoms with E-state index in [1.54, 1.807) is 11.8 Å². The minimum atomic E-state index is 0.161. The fourth-order valence-electron chi connectivity index (χ4n) is 3.19. The fraction of sp³-hybridized carbons (Fsp3) is 0.438. The van der Waals surface area contributed by atoms with E-state index in [0.717, 1.165) is 6.42 Å². The molecular weight excluding hydrogens is 240 g/mol. The smallest absolute Gasteiger partial charge is 0.150 e. The van der Waals surface area contributed by atoms with Gasteiger partial charge in [0.05, 0.1) is 5.25 Å². The van der Waals surface area contributed by atoms with Gasteiger partial charge in [0.2, 0.25) is 0 Å². The predicted molar refractivity (Wildman–Crippen MR) is 76.0 cm³/mol. The van der Waals surface area contributed by atoms with Crippen LogP contribution < -0.4 is 0 Å². The molecule has 3 rings (SSSR count). The molecule has 0 aliphatic heterocycles. The number of hydrogen-bond donors (Lipinski definition) is 0. The number of aryl methyl sites for hydroxylation is 3. The average molecular weight is 258 g/mol. The molecule has 3 atom stereocenters. The van der Waals surface area contributed by atoms with Crippen LogP contribution in [0.5, 0.6) is 0 Å². The van der Waals surface area contributed by atoms with Crippen LogP contribution in [0.25, 0.3) is 0 Å². The Morgan fingerprint density at radius 2 is 1.83 bits per heavy atom. The molecule has 0 spiro atoms. The lowest BCUT2D eigenvalue weighted by Gasteiger charge is -2.38. The van der Waals surface area contributed by atoms with Gasteiger partial charge in [0.25, 0.3) is 0 Å². The number of rotatable bonds is 2. The number of thioether (sulfide) groups is 1. The molecule has 2 aliphatic rings. The van der Waals surface area contributed by atoms with Crippen molar-refractivity contribution in [1.29, 1.82) is 0 Å². The zero-order valence-corrected chi connectivity index (χ0v) is 11.9. The molecule has 94 valence electrons. The lowest BCUT2D eigenvalue weighted by molar-refractivity contribution is -0.130. The van der Waals surface area contributed by atoms with Crippen molar-refractivity contribution in [3.05, 3.63) is 41.0 Å². The summed E-state index contributed by atoms with van der Waals surface area (Å²) in [7, 11) is 0. The molecule has 1 saturated carbocycles. The Labute approximate surface area is 113 Å². The lowest BCUT2D eigenvalue weighted by atomic mass is 9.74. The van der Waals surface area contributed by atoms with Gasteiger partial charge < -0.3 is 0 Å². The normalized spacial score (nSPS) is 29.3. The summed E-state index contributed by atoms with van der Waals surface area (Å²) in [4.78, 5) is 13.4. The van der Waals surface area contributed by atoms with E-state index < -0.39 is 0 Å². The zero-order chi connectivity index (χ0) is 12.9. The summed E-state index contributed by atoms with van der Waals surface area (Å²) < 4.78 is 0. The van der Waals surface area contributed by atoms with Gasteiger partial charge in [0, 0.05) is 16.7 Å². The van der Waals surface area contributed by atoms with Crippen LogP contribution in [0.4, 0.5) is 0 Å². The molecule has 2 heteroatoms. The third-order valence-corrected chi connectivity index (χ3v) is 5.74. The molecule has 0 aromatic heterocycles. The van der Waals surface area contributed by atoms with Crippen molar-refractivity contribution in [2.45, 2.75) is 37.3 Å². The number of Topliss-reactive ketones (excluding diaryl/α,β-unsaturated/α-hetero) is 1. The Morgan fingerprint density at radius 3 is 2.50 bits per heavy atom. The molecule has 0 saturated heterocycles. The first-order chi connectivity index (χ1) is 8.58. The van der Waals surface area contributed by atoms with Crippen molar-refractivity contribution in [3.8, 4) is 0 Å². The molecule has 0 radical (unpaired) electrons. The van der Waals surface area contributed by atoms with Crippen LogP contribution in [0.1, 0.15) is 23.1 Å². The van der Waals surface area contributed by atoms with Crippen LogP contribution in [-0.4, -0.2) is 11.0 Å².